The SMILES string of the molecule is COCc1cn([C@@H]2C[C@@H]3CN(C(=O)c4cn[nH]c4)C[C@@H]3C[C@H]2OCC2CC2)nn1. The van der Waals surface area contributed by atoms with Crippen molar-refractivity contribution < 1.29 is 14.3 Å². The van der Waals surface area contributed by atoms with Crippen LogP contribution in [0.1, 0.15) is 47.8 Å². The quantitative estimate of drug-likeness (QED) is 0.759. The molecule has 2 aromatic heterocycles. The highest BCUT2D eigenvalue weighted by atomic mass is 16.5. The van der Waals surface area contributed by atoms with Gasteiger partial charge in [-0.15, -0.1) is 5.10 Å². The van der Waals surface area contributed by atoms with Crippen molar-refractivity contribution in [3.05, 3.63) is 29.8 Å². The van der Waals surface area contributed by atoms with Crippen LogP contribution >= 0.6 is 0 Å². The van der Waals surface area contributed by atoms with Gasteiger partial charge < -0.3 is 14.4 Å². The molecule has 0 radical (unpaired) electrons. The lowest BCUT2D eigenvalue weighted by atomic mass is 9.77. The number of H-pyrrole nitrogens is 1. The Bertz CT molecular complexity index is 833. The monoisotopic (exact) mass is 400 g/mol. The van der Waals surface area contributed by atoms with E-state index < -0.39 is 0 Å². The maximum absolute atomic E-state index is 12.8. The fourth-order valence-corrected chi connectivity index (χ4v) is 4.80. The fraction of sp³-hybridized carbons (Fsp3) is 0.700. The molecule has 156 valence electrons. The number of aromatic nitrogens is 5. The highest BCUT2D eigenvalue weighted by Gasteiger charge is 2.45. The lowest BCUT2D eigenvalue weighted by molar-refractivity contribution is -0.0375. The van der Waals surface area contributed by atoms with Gasteiger partial charge >= 0.3 is 0 Å². The van der Waals surface area contributed by atoms with E-state index in [9.17, 15) is 4.79 Å². The van der Waals surface area contributed by atoms with E-state index in [1.165, 1.54) is 12.8 Å². The van der Waals surface area contributed by atoms with E-state index in [1.807, 2.05) is 15.8 Å². The summed E-state index contributed by atoms with van der Waals surface area (Å²) in [6, 6.07) is 0.150. The number of likely N-dealkylation sites (tertiary alicyclic amines) is 1. The van der Waals surface area contributed by atoms with Gasteiger partial charge in [0.1, 0.15) is 5.69 Å². The molecule has 1 saturated heterocycles. The topological polar surface area (TPSA) is 98.2 Å². The Labute approximate surface area is 169 Å². The van der Waals surface area contributed by atoms with Gasteiger partial charge in [-0.2, -0.15) is 5.10 Å². The van der Waals surface area contributed by atoms with Gasteiger partial charge in [0.15, 0.2) is 0 Å². The molecular weight excluding hydrogens is 372 g/mol. The molecule has 2 aliphatic carbocycles. The van der Waals surface area contributed by atoms with Crippen molar-refractivity contribution in [3.63, 3.8) is 0 Å². The Morgan fingerprint density at radius 1 is 1.28 bits per heavy atom. The van der Waals surface area contributed by atoms with Crippen molar-refractivity contribution in [3.8, 4) is 0 Å². The molecular formula is C20H28N6O3. The van der Waals surface area contributed by atoms with Crippen LogP contribution in [0.5, 0.6) is 0 Å². The van der Waals surface area contributed by atoms with Gasteiger partial charge in [0.25, 0.3) is 5.91 Å². The number of ether oxygens (including phenoxy) is 2. The number of carbonyl (C=O) groups is 1. The Hall–Kier alpha value is -2.26. The molecule has 5 rings (SSSR count). The maximum atomic E-state index is 12.8. The standard InChI is InChI=1S/C20H28N6O3/c1-28-12-17-10-26(24-23-17)18-4-14-8-25(20(27)16-6-21-22-7-16)9-15(14)5-19(18)29-11-13-2-3-13/h6-7,10,13-15,18-19H,2-5,8-9,11-12H2,1H3,(H,21,22)/t14-,15+,18-,19-/m1/s1. The lowest BCUT2D eigenvalue weighted by Gasteiger charge is -2.37. The zero-order valence-corrected chi connectivity index (χ0v) is 16.7. The highest BCUT2D eigenvalue weighted by Crippen LogP contribution is 2.43. The molecule has 1 aliphatic heterocycles. The average Bonchev–Trinajstić information content (AvgIpc) is 3.14. The zero-order valence-electron chi connectivity index (χ0n) is 16.7. The van der Waals surface area contributed by atoms with Gasteiger partial charge in [0.05, 0.1) is 36.7 Å². The summed E-state index contributed by atoms with van der Waals surface area (Å²) in [4.78, 5) is 14.7. The van der Waals surface area contributed by atoms with Crippen molar-refractivity contribution in [2.75, 3.05) is 26.8 Å². The van der Waals surface area contributed by atoms with E-state index in [0.29, 0.717) is 24.0 Å². The number of hydrogen-bond acceptors (Lipinski definition) is 6. The van der Waals surface area contributed by atoms with Gasteiger partial charge in [-0.25, -0.2) is 4.68 Å². The summed E-state index contributed by atoms with van der Waals surface area (Å²) in [5.41, 5.74) is 1.46. The number of methoxy groups -OCH3 is 1. The van der Waals surface area contributed by atoms with Crippen LogP contribution in [0.25, 0.3) is 0 Å². The number of carbonyl (C=O) groups excluding carboxylic acids is 1. The molecule has 1 N–H and O–H groups in total. The van der Waals surface area contributed by atoms with Crippen LogP contribution in [-0.4, -0.2) is 68.9 Å². The summed E-state index contributed by atoms with van der Waals surface area (Å²) < 4.78 is 13.5. The summed E-state index contributed by atoms with van der Waals surface area (Å²) in [5.74, 6) is 1.69. The van der Waals surface area contributed by atoms with Crippen LogP contribution in [-0.2, 0) is 16.1 Å². The largest absolute Gasteiger partial charge is 0.378 e. The summed E-state index contributed by atoms with van der Waals surface area (Å²) >= 11 is 0. The first-order chi connectivity index (χ1) is 14.2. The highest BCUT2D eigenvalue weighted by molar-refractivity contribution is 5.93. The van der Waals surface area contributed by atoms with Crippen molar-refractivity contribution in [2.45, 2.75) is 44.4 Å². The lowest BCUT2D eigenvalue weighted by Crippen LogP contribution is -2.38. The Balaban J connectivity index is 1.31. The molecule has 2 aromatic rings. The van der Waals surface area contributed by atoms with Gasteiger partial charge in [0, 0.05) is 33.0 Å². The molecule has 0 spiro atoms. The summed E-state index contributed by atoms with van der Waals surface area (Å²) in [6.45, 7) is 2.85. The Kier molecular flexibility index (Phi) is 5.09. The molecule has 3 aliphatic rings. The predicted octanol–water partition coefficient (Wildman–Crippen LogP) is 1.67. The number of fused-ring (bicyclic) bond motifs is 1. The third kappa shape index (κ3) is 3.93. The van der Waals surface area contributed by atoms with E-state index in [2.05, 4.69) is 20.5 Å². The molecule has 9 nitrogen and oxygen atoms in total. The first-order valence-corrected chi connectivity index (χ1v) is 10.5. The number of rotatable bonds is 7. The second-order valence-corrected chi connectivity index (χ2v) is 8.69. The van der Waals surface area contributed by atoms with Crippen LogP contribution in [0, 0.1) is 17.8 Å². The van der Waals surface area contributed by atoms with E-state index in [0.717, 1.165) is 44.1 Å². The van der Waals surface area contributed by atoms with Crippen LogP contribution < -0.4 is 0 Å². The van der Waals surface area contributed by atoms with Crippen molar-refractivity contribution >= 4 is 5.91 Å². The summed E-state index contributed by atoms with van der Waals surface area (Å²) in [6.07, 6.45) is 9.81. The molecule has 0 bridgehead atoms. The number of hydrogen-bond donors (Lipinski definition) is 1. The van der Waals surface area contributed by atoms with Gasteiger partial charge in [-0.3, -0.25) is 9.89 Å². The minimum atomic E-state index is 0.0586. The Morgan fingerprint density at radius 3 is 2.83 bits per heavy atom. The average molecular weight is 400 g/mol. The van der Waals surface area contributed by atoms with E-state index in [1.54, 1.807) is 19.5 Å². The molecule has 1 amide bonds. The third-order valence-corrected chi connectivity index (χ3v) is 6.55. The smallest absolute Gasteiger partial charge is 0.257 e. The van der Waals surface area contributed by atoms with E-state index >= 15 is 0 Å². The van der Waals surface area contributed by atoms with Crippen molar-refractivity contribution in [2.24, 2.45) is 17.8 Å². The second kappa shape index (κ2) is 7.87. The van der Waals surface area contributed by atoms with Crippen LogP contribution in [0.3, 0.4) is 0 Å². The first-order valence-electron chi connectivity index (χ1n) is 10.5. The fourth-order valence-electron chi connectivity index (χ4n) is 4.80. The Morgan fingerprint density at radius 2 is 2.10 bits per heavy atom. The van der Waals surface area contributed by atoms with Crippen molar-refractivity contribution in [1.82, 2.24) is 30.1 Å². The predicted molar refractivity (Wildman–Crippen MR) is 103 cm³/mol. The molecule has 0 unspecified atom stereocenters. The molecule has 9 heteroatoms. The van der Waals surface area contributed by atoms with Crippen LogP contribution in [0.4, 0.5) is 0 Å². The number of nitrogens with zero attached hydrogens (tertiary/aromatic N) is 5. The normalized spacial score (nSPS) is 29.2. The van der Waals surface area contributed by atoms with Gasteiger partial charge in [-0.1, -0.05) is 5.21 Å². The summed E-state index contributed by atoms with van der Waals surface area (Å²) in [5, 5.41) is 15.3. The minimum absolute atomic E-state index is 0.0586. The number of amides is 1. The molecule has 2 saturated carbocycles. The molecule has 3 heterocycles. The maximum Gasteiger partial charge on any atom is 0.257 e. The molecule has 0 aromatic carbocycles. The minimum Gasteiger partial charge on any atom is -0.378 e. The molecule has 3 fully saturated rings. The number of aromatic amines is 1. The van der Waals surface area contributed by atoms with E-state index in [4.69, 9.17) is 9.47 Å². The van der Waals surface area contributed by atoms with E-state index in [-0.39, 0.29) is 18.1 Å². The molecule has 29 heavy (non-hydrogen) atoms. The number of nitrogens with one attached hydrogen (secondary N) is 1. The van der Waals surface area contributed by atoms with Gasteiger partial charge in [-0.05, 0) is 43.4 Å². The van der Waals surface area contributed by atoms with Crippen LogP contribution in [0.2, 0.25) is 0 Å². The second-order valence-electron chi connectivity index (χ2n) is 8.69. The molecule has 4 atom stereocenters. The summed E-state index contributed by atoms with van der Waals surface area (Å²) in [7, 11) is 1.66. The van der Waals surface area contributed by atoms with Gasteiger partial charge in [0.2, 0.25) is 0 Å². The van der Waals surface area contributed by atoms with Crippen molar-refractivity contribution in [1.29, 1.82) is 0 Å². The van der Waals surface area contributed by atoms with Crippen LogP contribution in [0.15, 0.2) is 18.6 Å². The zero-order chi connectivity index (χ0) is 19.8. The first kappa shape index (κ1) is 18.7. The third-order valence-electron chi connectivity index (χ3n) is 6.55.